The summed E-state index contributed by atoms with van der Waals surface area (Å²) >= 11 is 0. The number of hydrogen-bond donors (Lipinski definition) is 1. The molecule has 0 radical (unpaired) electrons. The van der Waals surface area contributed by atoms with Gasteiger partial charge >= 0.3 is 0 Å². The summed E-state index contributed by atoms with van der Waals surface area (Å²) in [5.41, 5.74) is 0. The highest BCUT2D eigenvalue weighted by Gasteiger charge is 2.31. The van der Waals surface area contributed by atoms with E-state index >= 15 is 0 Å². The van der Waals surface area contributed by atoms with Crippen LogP contribution < -0.4 is 14.8 Å². The lowest BCUT2D eigenvalue weighted by Crippen LogP contribution is -2.51. The SMILES string of the molecule is CCCNC(C(C)CCOC)C1COc2ccccc2O1. The summed E-state index contributed by atoms with van der Waals surface area (Å²) in [6.45, 7) is 6.78. The molecule has 0 bridgehead atoms. The van der Waals surface area contributed by atoms with Crippen molar-refractivity contribution in [1.29, 1.82) is 0 Å². The summed E-state index contributed by atoms with van der Waals surface area (Å²) in [5, 5.41) is 3.62. The predicted octanol–water partition coefficient (Wildman–Crippen LogP) is 2.87. The minimum atomic E-state index is 0.0401. The fourth-order valence-corrected chi connectivity index (χ4v) is 2.71. The molecule has 0 saturated heterocycles. The standard InChI is InChI=1S/C17H27NO3/c1-4-10-18-17(13(2)9-11-19-3)16-12-20-14-7-5-6-8-15(14)21-16/h5-8,13,16-18H,4,9-12H2,1-3H3. The van der Waals surface area contributed by atoms with E-state index in [9.17, 15) is 0 Å². The van der Waals surface area contributed by atoms with E-state index in [1.54, 1.807) is 7.11 Å². The second kappa shape index (κ2) is 8.25. The molecule has 0 spiro atoms. The van der Waals surface area contributed by atoms with Crippen molar-refractivity contribution in [2.75, 3.05) is 26.9 Å². The molecule has 1 aromatic rings. The zero-order valence-corrected chi connectivity index (χ0v) is 13.3. The van der Waals surface area contributed by atoms with E-state index in [-0.39, 0.29) is 12.1 Å². The molecule has 1 aliphatic heterocycles. The Bertz CT molecular complexity index is 424. The van der Waals surface area contributed by atoms with Crippen LogP contribution in [0.5, 0.6) is 11.5 Å². The molecule has 1 aliphatic rings. The number of fused-ring (bicyclic) bond motifs is 1. The Morgan fingerprint density at radius 1 is 1.33 bits per heavy atom. The topological polar surface area (TPSA) is 39.7 Å². The van der Waals surface area contributed by atoms with Crippen molar-refractivity contribution in [2.24, 2.45) is 5.92 Å². The van der Waals surface area contributed by atoms with Crippen molar-refractivity contribution < 1.29 is 14.2 Å². The third-order valence-corrected chi connectivity index (χ3v) is 3.95. The monoisotopic (exact) mass is 293 g/mol. The smallest absolute Gasteiger partial charge is 0.161 e. The van der Waals surface area contributed by atoms with Gasteiger partial charge in [0.1, 0.15) is 12.7 Å². The van der Waals surface area contributed by atoms with E-state index in [4.69, 9.17) is 14.2 Å². The summed E-state index contributed by atoms with van der Waals surface area (Å²) in [4.78, 5) is 0. The highest BCUT2D eigenvalue weighted by molar-refractivity contribution is 5.40. The lowest BCUT2D eigenvalue weighted by Gasteiger charge is -2.36. The Labute approximate surface area is 127 Å². The van der Waals surface area contributed by atoms with E-state index in [1.165, 1.54) is 0 Å². The van der Waals surface area contributed by atoms with Crippen molar-refractivity contribution in [3.63, 3.8) is 0 Å². The fraction of sp³-hybridized carbons (Fsp3) is 0.647. The number of nitrogens with one attached hydrogen (secondary N) is 1. The highest BCUT2D eigenvalue weighted by atomic mass is 16.6. The molecule has 3 unspecified atom stereocenters. The molecule has 4 nitrogen and oxygen atoms in total. The third-order valence-electron chi connectivity index (χ3n) is 3.95. The molecule has 2 rings (SSSR count). The maximum Gasteiger partial charge on any atom is 0.161 e. The molecule has 1 N–H and O–H groups in total. The Hall–Kier alpha value is -1.26. The second-order valence-corrected chi connectivity index (χ2v) is 5.65. The van der Waals surface area contributed by atoms with Crippen LogP contribution in [0.15, 0.2) is 24.3 Å². The van der Waals surface area contributed by atoms with Crippen LogP contribution in [0.3, 0.4) is 0 Å². The van der Waals surface area contributed by atoms with Gasteiger partial charge in [-0.15, -0.1) is 0 Å². The molecular formula is C17H27NO3. The van der Waals surface area contributed by atoms with Gasteiger partial charge < -0.3 is 19.5 Å². The van der Waals surface area contributed by atoms with Crippen LogP contribution in [0.25, 0.3) is 0 Å². The van der Waals surface area contributed by atoms with Crippen LogP contribution in [-0.4, -0.2) is 39.0 Å². The summed E-state index contributed by atoms with van der Waals surface area (Å²) < 4.78 is 17.2. The van der Waals surface area contributed by atoms with Gasteiger partial charge in [-0.25, -0.2) is 0 Å². The normalized spacial score (nSPS) is 20.0. The van der Waals surface area contributed by atoms with Gasteiger partial charge in [-0.2, -0.15) is 0 Å². The minimum Gasteiger partial charge on any atom is -0.486 e. The molecule has 0 amide bonds. The van der Waals surface area contributed by atoms with E-state index in [0.29, 0.717) is 12.5 Å². The molecule has 1 heterocycles. The van der Waals surface area contributed by atoms with Crippen LogP contribution in [0, 0.1) is 5.92 Å². The first kappa shape index (κ1) is 16.1. The van der Waals surface area contributed by atoms with Gasteiger partial charge in [0.05, 0.1) is 6.04 Å². The fourth-order valence-electron chi connectivity index (χ4n) is 2.71. The Morgan fingerprint density at radius 3 is 2.81 bits per heavy atom. The summed E-state index contributed by atoms with van der Waals surface area (Å²) in [6, 6.07) is 8.14. The van der Waals surface area contributed by atoms with Gasteiger partial charge in [-0.1, -0.05) is 26.0 Å². The zero-order chi connectivity index (χ0) is 15.1. The summed E-state index contributed by atoms with van der Waals surface area (Å²) in [6.07, 6.45) is 2.16. The molecule has 0 aromatic heterocycles. The lowest BCUT2D eigenvalue weighted by molar-refractivity contribution is 0.0402. The van der Waals surface area contributed by atoms with Crippen LogP contribution in [-0.2, 0) is 4.74 Å². The average Bonchev–Trinajstić information content (AvgIpc) is 2.53. The molecule has 118 valence electrons. The van der Waals surface area contributed by atoms with Gasteiger partial charge in [0.2, 0.25) is 0 Å². The van der Waals surface area contributed by atoms with Crippen molar-refractivity contribution in [3.8, 4) is 11.5 Å². The Balaban J connectivity index is 2.03. The number of rotatable bonds is 8. The number of benzene rings is 1. The van der Waals surface area contributed by atoms with Crippen LogP contribution >= 0.6 is 0 Å². The molecule has 0 fully saturated rings. The number of hydrogen-bond acceptors (Lipinski definition) is 4. The van der Waals surface area contributed by atoms with Crippen molar-refractivity contribution in [1.82, 2.24) is 5.32 Å². The van der Waals surface area contributed by atoms with Gasteiger partial charge in [0, 0.05) is 13.7 Å². The molecule has 0 saturated carbocycles. The van der Waals surface area contributed by atoms with Crippen LogP contribution in [0.1, 0.15) is 26.7 Å². The summed E-state index contributed by atoms with van der Waals surface area (Å²) in [7, 11) is 1.75. The Morgan fingerprint density at radius 2 is 2.10 bits per heavy atom. The highest BCUT2D eigenvalue weighted by Crippen LogP contribution is 2.32. The van der Waals surface area contributed by atoms with Gasteiger partial charge in [-0.05, 0) is 37.4 Å². The third kappa shape index (κ3) is 4.35. The van der Waals surface area contributed by atoms with Gasteiger partial charge in [0.25, 0.3) is 0 Å². The van der Waals surface area contributed by atoms with Gasteiger partial charge in [-0.3, -0.25) is 0 Å². The second-order valence-electron chi connectivity index (χ2n) is 5.65. The maximum absolute atomic E-state index is 6.16. The molecule has 4 heteroatoms. The largest absolute Gasteiger partial charge is 0.486 e. The first-order chi connectivity index (χ1) is 10.3. The van der Waals surface area contributed by atoms with Crippen molar-refractivity contribution >= 4 is 0 Å². The molecule has 1 aromatic carbocycles. The molecule has 3 atom stereocenters. The van der Waals surface area contributed by atoms with E-state index in [0.717, 1.165) is 37.5 Å². The molecule has 21 heavy (non-hydrogen) atoms. The quantitative estimate of drug-likeness (QED) is 0.800. The number of methoxy groups -OCH3 is 1. The average molecular weight is 293 g/mol. The van der Waals surface area contributed by atoms with E-state index in [2.05, 4.69) is 19.2 Å². The van der Waals surface area contributed by atoms with Crippen molar-refractivity contribution in [3.05, 3.63) is 24.3 Å². The van der Waals surface area contributed by atoms with E-state index in [1.807, 2.05) is 24.3 Å². The minimum absolute atomic E-state index is 0.0401. The van der Waals surface area contributed by atoms with Crippen LogP contribution in [0.4, 0.5) is 0 Å². The van der Waals surface area contributed by atoms with Gasteiger partial charge in [0.15, 0.2) is 11.5 Å². The maximum atomic E-state index is 6.16. The van der Waals surface area contributed by atoms with Crippen LogP contribution in [0.2, 0.25) is 0 Å². The predicted molar refractivity (Wildman–Crippen MR) is 84.1 cm³/mol. The molecular weight excluding hydrogens is 266 g/mol. The Kier molecular flexibility index (Phi) is 6.33. The lowest BCUT2D eigenvalue weighted by atomic mass is 9.93. The van der Waals surface area contributed by atoms with Crippen molar-refractivity contribution in [2.45, 2.75) is 38.8 Å². The zero-order valence-electron chi connectivity index (χ0n) is 13.3. The first-order valence-electron chi connectivity index (χ1n) is 7.87. The van der Waals surface area contributed by atoms with E-state index < -0.39 is 0 Å². The number of para-hydroxylation sites is 2. The summed E-state index contributed by atoms with van der Waals surface area (Å²) in [5.74, 6) is 2.15. The first-order valence-corrected chi connectivity index (χ1v) is 7.87. The number of ether oxygens (including phenoxy) is 3. The molecule has 0 aliphatic carbocycles.